The van der Waals surface area contributed by atoms with E-state index < -0.39 is 27.3 Å². The first kappa shape index (κ1) is 22.2. The molecule has 1 fully saturated rings. The highest BCUT2D eigenvalue weighted by Gasteiger charge is 2.42. The molecule has 1 atom stereocenters. The van der Waals surface area contributed by atoms with Gasteiger partial charge in [0.2, 0.25) is 0 Å². The fourth-order valence-electron chi connectivity index (χ4n) is 3.64. The van der Waals surface area contributed by atoms with E-state index in [4.69, 9.17) is 0 Å². The molecule has 10 heteroatoms. The molecule has 30 heavy (non-hydrogen) atoms. The van der Waals surface area contributed by atoms with Crippen LogP contribution in [0.5, 0.6) is 0 Å². The number of piperidine rings is 1. The number of hydrogen-bond donors (Lipinski definition) is 1. The minimum absolute atomic E-state index is 0.0914. The van der Waals surface area contributed by atoms with Crippen molar-refractivity contribution in [3.8, 4) is 0 Å². The Hall–Kier alpha value is -2.49. The molecule has 2 aromatic rings. The van der Waals surface area contributed by atoms with Crippen LogP contribution in [0.1, 0.15) is 32.3 Å². The predicted octanol–water partition coefficient (Wildman–Crippen LogP) is 4.33. The Morgan fingerprint density at radius 3 is 2.40 bits per heavy atom. The molecule has 1 saturated heterocycles. The number of carbonyl (C=O) groups is 1. The van der Waals surface area contributed by atoms with Gasteiger partial charge in [-0.2, -0.15) is 23.4 Å². The summed E-state index contributed by atoms with van der Waals surface area (Å²) in [6.45, 7) is 4.33. The van der Waals surface area contributed by atoms with Crippen LogP contribution in [0.15, 0.2) is 47.6 Å². The van der Waals surface area contributed by atoms with Gasteiger partial charge in [-0.1, -0.05) is 12.1 Å². The highest BCUT2D eigenvalue weighted by molar-refractivity contribution is 7.86. The number of halogens is 3. The lowest BCUT2D eigenvalue weighted by molar-refractivity contribution is -0.139. The van der Waals surface area contributed by atoms with Crippen molar-refractivity contribution < 1.29 is 22.2 Å². The number of carbonyl (C=O) groups excluding carboxylic acids is 1. The lowest BCUT2D eigenvalue weighted by atomic mass is 9.86. The van der Waals surface area contributed by atoms with E-state index in [9.17, 15) is 22.2 Å². The maximum absolute atomic E-state index is 13.4. The molecule has 0 aliphatic carbocycles. The van der Waals surface area contributed by atoms with E-state index >= 15 is 0 Å². The second-order valence-electron chi connectivity index (χ2n) is 7.69. The second kappa shape index (κ2) is 8.71. The predicted molar refractivity (Wildman–Crippen MR) is 107 cm³/mol. The number of benzene rings is 1. The van der Waals surface area contributed by atoms with Gasteiger partial charge in [-0.3, -0.25) is 4.21 Å². The van der Waals surface area contributed by atoms with Crippen LogP contribution in [0.25, 0.3) is 0 Å². The Morgan fingerprint density at radius 2 is 1.80 bits per heavy atom. The summed E-state index contributed by atoms with van der Waals surface area (Å²) in [5.74, 6) is -0.0914. The number of aromatic nitrogens is 2. The first-order valence-electron chi connectivity index (χ1n) is 9.51. The van der Waals surface area contributed by atoms with E-state index in [0.29, 0.717) is 31.6 Å². The van der Waals surface area contributed by atoms with Crippen molar-refractivity contribution in [2.75, 3.05) is 18.4 Å². The van der Waals surface area contributed by atoms with Gasteiger partial charge in [0, 0.05) is 17.8 Å². The van der Waals surface area contributed by atoms with Gasteiger partial charge in [0.15, 0.2) is 0 Å². The quantitative estimate of drug-likeness (QED) is 0.768. The fourth-order valence-corrected chi connectivity index (χ4v) is 5.33. The Balaban J connectivity index is 1.67. The summed E-state index contributed by atoms with van der Waals surface area (Å²) in [7, 11) is -1.86. The van der Waals surface area contributed by atoms with Crippen molar-refractivity contribution in [1.82, 2.24) is 15.1 Å². The molecule has 1 unspecified atom stereocenters. The van der Waals surface area contributed by atoms with Gasteiger partial charge in [0.05, 0.1) is 39.3 Å². The summed E-state index contributed by atoms with van der Waals surface area (Å²) in [5.41, 5.74) is -0.332. The Morgan fingerprint density at radius 1 is 1.13 bits per heavy atom. The molecular weight excluding hydrogens is 417 g/mol. The topological polar surface area (TPSA) is 75.2 Å². The molecule has 1 aliphatic heterocycles. The standard InChI is InChI=1S/C20H23F3N4O2S/c1-19(2,30(29)17-6-4-3-5-16(17)20(21,22)23)14-8-11-27(12-9-14)18(28)26-15-7-10-24-25-13-15/h3-7,10,13-14H,8-9,11-12H2,1-2H3,(H,24,26,28). The third-order valence-corrected chi connectivity index (χ3v) is 7.52. The van der Waals surface area contributed by atoms with Crippen LogP contribution in [-0.2, 0) is 17.0 Å². The van der Waals surface area contributed by atoms with Crippen molar-refractivity contribution in [3.05, 3.63) is 48.3 Å². The molecule has 6 nitrogen and oxygen atoms in total. The minimum atomic E-state index is -4.56. The number of hydrogen-bond acceptors (Lipinski definition) is 4. The van der Waals surface area contributed by atoms with Crippen molar-refractivity contribution in [2.45, 2.75) is 42.5 Å². The van der Waals surface area contributed by atoms with Crippen LogP contribution >= 0.6 is 0 Å². The molecule has 1 N–H and O–H groups in total. The Labute approximate surface area is 175 Å². The highest BCUT2D eigenvalue weighted by atomic mass is 32.2. The number of urea groups is 1. The Kier molecular flexibility index (Phi) is 6.44. The van der Waals surface area contributed by atoms with Crippen LogP contribution in [0.4, 0.5) is 23.7 Å². The van der Waals surface area contributed by atoms with E-state index in [1.807, 2.05) is 0 Å². The monoisotopic (exact) mass is 440 g/mol. The highest BCUT2D eigenvalue weighted by Crippen LogP contribution is 2.40. The molecule has 1 aromatic carbocycles. The smallest absolute Gasteiger partial charge is 0.325 e. The number of nitrogens with one attached hydrogen (secondary N) is 1. The number of likely N-dealkylation sites (tertiary alicyclic amines) is 1. The number of amides is 2. The molecule has 1 aromatic heterocycles. The summed E-state index contributed by atoms with van der Waals surface area (Å²) in [6, 6.07) is 6.37. The summed E-state index contributed by atoms with van der Waals surface area (Å²) in [5, 5.41) is 10.1. The summed E-state index contributed by atoms with van der Waals surface area (Å²) in [4.78, 5) is 13.9. The average Bonchev–Trinajstić information content (AvgIpc) is 2.73. The summed E-state index contributed by atoms with van der Waals surface area (Å²) >= 11 is 0. The van der Waals surface area contributed by atoms with Crippen molar-refractivity contribution in [3.63, 3.8) is 0 Å². The molecule has 0 radical (unpaired) electrons. The zero-order valence-electron chi connectivity index (χ0n) is 16.6. The van der Waals surface area contributed by atoms with Gasteiger partial charge in [-0.25, -0.2) is 4.79 Å². The van der Waals surface area contributed by atoms with Crippen LogP contribution in [0.2, 0.25) is 0 Å². The first-order valence-corrected chi connectivity index (χ1v) is 10.7. The van der Waals surface area contributed by atoms with Gasteiger partial charge >= 0.3 is 12.2 Å². The zero-order valence-corrected chi connectivity index (χ0v) is 17.5. The van der Waals surface area contributed by atoms with Gasteiger partial charge in [-0.05, 0) is 50.8 Å². The SMILES string of the molecule is CC(C)(C1CCN(C(=O)Nc2ccnnc2)CC1)S(=O)c1ccccc1C(F)(F)F. The van der Waals surface area contributed by atoms with Gasteiger partial charge in [0.25, 0.3) is 0 Å². The average molecular weight is 440 g/mol. The van der Waals surface area contributed by atoms with E-state index in [2.05, 4.69) is 15.5 Å². The van der Waals surface area contributed by atoms with Gasteiger partial charge in [0.1, 0.15) is 0 Å². The molecule has 2 heterocycles. The van der Waals surface area contributed by atoms with E-state index in [1.165, 1.54) is 30.6 Å². The van der Waals surface area contributed by atoms with Gasteiger partial charge < -0.3 is 10.2 Å². The fraction of sp³-hybridized carbons (Fsp3) is 0.450. The molecule has 3 rings (SSSR count). The van der Waals surface area contributed by atoms with E-state index in [1.54, 1.807) is 24.8 Å². The largest absolute Gasteiger partial charge is 0.417 e. The lowest BCUT2D eigenvalue weighted by Gasteiger charge is -2.40. The molecule has 162 valence electrons. The third kappa shape index (κ3) is 4.80. The maximum atomic E-state index is 13.4. The number of nitrogens with zero attached hydrogens (tertiary/aromatic N) is 3. The van der Waals surface area contributed by atoms with Crippen LogP contribution < -0.4 is 5.32 Å². The summed E-state index contributed by atoms with van der Waals surface area (Å²) < 4.78 is 52.4. The van der Waals surface area contributed by atoms with Crippen LogP contribution in [0.3, 0.4) is 0 Å². The van der Waals surface area contributed by atoms with Crippen molar-refractivity contribution >= 4 is 22.5 Å². The molecule has 1 aliphatic rings. The number of alkyl halides is 3. The zero-order chi connectivity index (χ0) is 21.9. The number of rotatable bonds is 4. The normalized spacial score (nSPS) is 16.9. The first-order chi connectivity index (χ1) is 14.1. The molecule has 0 saturated carbocycles. The molecule has 2 amide bonds. The van der Waals surface area contributed by atoms with Crippen molar-refractivity contribution in [1.29, 1.82) is 0 Å². The molecule has 0 bridgehead atoms. The van der Waals surface area contributed by atoms with Crippen LogP contribution in [0, 0.1) is 5.92 Å². The van der Waals surface area contributed by atoms with E-state index in [0.717, 1.165) is 6.07 Å². The molecular formula is C20H23F3N4O2S. The van der Waals surface area contributed by atoms with E-state index in [-0.39, 0.29) is 16.8 Å². The van der Waals surface area contributed by atoms with Crippen molar-refractivity contribution in [2.24, 2.45) is 5.92 Å². The Bertz CT molecular complexity index is 914. The lowest BCUT2D eigenvalue weighted by Crippen LogP contribution is -2.47. The third-order valence-electron chi connectivity index (χ3n) is 5.47. The van der Waals surface area contributed by atoms with Crippen LogP contribution in [-0.4, -0.2) is 43.2 Å². The maximum Gasteiger partial charge on any atom is 0.417 e. The number of anilines is 1. The minimum Gasteiger partial charge on any atom is -0.325 e. The second-order valence-corrected chi connectivity index (χ2v) is 9.72. The molecule has 0 spiro atoms. The van der Waals surface area contributed by atoms with Gasteiger partial charge in [-0.15, -0.1) is 0 Å². The summed E-state index contributed by atoms with van der Waals surface area (Å²) in [6.07, 6.45) is -0.553.